The highest BCUT2D eigenvalue weighted by Crippen LogP contribution is 2.31. The van der Waals surface area contributed by atoms with Gasteiger partial charge in [-0.15, -0.1) is 0 Å². The van der Waals surface area contributed by atoms with Crippen molar-refractivity contribution in [1.82, 2.24) is 19.7 Å². The molecule has 0 aliphatic heterocycles. The molecular formula is C25H21N5O3S. The molecule has 0 atom stereocenters. The molecule has 34 heavy (non-hydrogen) atoms. The van der Waals surface area contributed by atoms with Crippen molar-refractivity contribution in [2.45, 2.75) is 17.5 Å². The van der Waals surface area contributed by atoms with Gasteiger partial charge in [0.15, 0.2) is 10.9 Å². The summed E-state index contributed by atoms with van der Waals surface area (Å²) in [6.07, 6.45) is 7.00. The van der Waals surface area contributed by atoms with Crippen molar-refractivity contribution in [3.05, 3.63) is 96.8 Å². The number of nitrogens with one attached hydrogen (secondary N) is 1. The highest BCUT2D eigenvalue weighted by Gasteiger charge is 2.21. The fourth-order valence-electron chi connectivity index (χ4n) is 3.46. The van der Waals surface area contributed by atoms with Crippen molar-refractivity contribution in [3.63, 3.8) is 0 Å². The number of anilines is 1. The van der Waals surface area contributed by atoms with Crippen LogP contribution in [0.2, 0.25) is 0 Å². The third-order valence-corrected chi connectivity index (χ3v) is 5.93. The zero-order valence-corrected chi connectivity index (χ0v) is 18.9. The second kappa shape index (κ2) is 10.2. The number of aromatic nitrogens is 4. The van der Waals surface area contributed by atoms with Gasteiger partial charge in [0.05, 0.1) is 6.54 Å². The minimum absolute atomic E-state index is 0.273. The van der Waals surface area contributed by atoms with Crippen LogP contribution in [-0.2, 0) is 12.3 Å². The molecule has 1 amide bonds. The van der Waals surface area contributed by atoms with Crippen LogP contribution in [0.1, 0.15) is 16.1 Å². The van der Waals surface area contributed by atoms with Crippen LogP contribution in [0, 0.1) is 0 Å². The van der Waals surface area contributed by atoms with Crippen LogP contribution < -0.4 is 10.1 Å². The molecule has 3 aromatic heterocycles. The number of nitrogens with zero attached hydrogens (tertiary/aromatic N) is 4. The van der Waals surface area contributed by atoms with Gasteiger partial charge in [-0.1, -0.05) is 36.0 Å². The molecule has 2 aromatic carbocycles. The van der Waals surface area contributed by atoms with E-state index >= 15 is 0 Å². The molecule has 0 fully saturated rings. The van der Waals surface area contributed by atoms with Crippen molar-refractivity contribution >= 4 is 34.3 Å². The number of para-hydroxylation sites is 1. The molecule has 8 nitrogen and oxygen atoms in total. The van der Waals surface area contributed by atoms with E-state index in [4.69, 9.17) is 9.15 Å². The lowest BCUT2D eigenvalue weighted by Gasteiger charge is -2.09. The molecular weight excluding hydrogens is 450 g/mol. The molecule has 0 bridgehead atoms. The number of furan rings is 1. The predicted octanol–water partition coefficient (Wildman–Crippen LogP) is 5.04. The minimum atomic E-state index is -0.325. The average molecular weight is 472 g/mol. The fourth-order valence-corrected chi connectivity index (χ4v) is 4.29. The van der Waals surface area contributed by atoms with Gasteiger partial charge in [-0.3, -0.25) is 9.48 Å². The number of carbonyl (C=O) groups excluding carboxylic acids is 1. The normalized spacial score (nSPS) is 10.9. The molecule has 0 saturated heterocycles. The molecule has 9 heteroatoms. The lowest BCUT2D eigenvalue weighted by Crippen LogP contribution is -2.13. The topological polar surface area (TPSA) is 95.1 Å². The molecule has 5 rings (SSSR count). The molecule has 0 aliphatic rings. The quantitative estimate of drug-likeness (QED) is 0.238. The molecule has 0 unspecified atom stereocenters. The van der Waals surface area contributed by atoms with Crippen LogP contribution in [0.15, 0.2) is 95.0 Å². The summed E-state index contributed by atoms with van der Waals surface area (Å²) in [5, 5.41) is 8.62. The molecule has 0 radical (unpaired) electrons. The maximum absolute atomic E-state index is 13.2. The van der Waals surface area contributed by atoms with Gasteiger partial charge in [0.2, 0.25) is 0 Å². The fraction of sp³-hybridized carbons (Fsp3) is 0.120. The van der Waals surface area contributed by atoms with Crippen LogP contribution in [0.3, 0.4) is 0 Å². The van der Waals surface area contributed by atoms with Gasteiger partial charge in [-0.2, -0.15) is 5.10 Å². The van der Waals surface area contributed by atoms with Crippen LogP contribution in [0.25, 0.3) is 11.0 Å². The van der Waals surface area contributed by atoms with Crippen LogP contribution in [0.4, 0.5) is 5.69 Å². The Kier molecular flexibility index (Phi) is 6.53. The van der Waals surface area contributed by atoms with Crippen LogP contribution >= 0.6 is 11.8 Å². The van der Waals surface area contributed by atoms with Crippen molar-refractivity contribution < 1.29 is 13.9 Å². The molecule has 5 aromatic rings. The second-order valence-electron chi connectivity index (χ2n) is 7.33. The Bertz CT molecular complexity index is 1390. The van der Waals surface area contributed by atoms with E-state index in [9.17, 15) is 4.79 Å². The van der Waals surface area contributed by atoms with Crippen molar-refractivity contribution in [2.75, 3.05) is 11.9 Å². The predicted molar refractivity (Wildman–Crippen MR) is 130 cm³/mol. The number of rotatable bonds is 9. The minimum Gasteiger partial charge on any atom is -0.492 e. The second-order valence-corrected chi connectivity index (χ2v) is 8.27. The molecule has 0 aliphatic carbocycles. The van der Waals surface area contributed by atoms with E-state index in [0.717, 1.165) is 10.9 Å². The average Bonchev–Trinajstić information content (AvgIpc) is 3.52. The Hall–Kier alpha value is -4.11. The number of benzene rings is 2. The molecule has 0 saturated carbocycles. The van der Waals surface area contributed by atoms with E-state index in [0.29, 0.717) is 41.1 Å². The first kappa shape index (κ1) is 21.7. The summed E-state index contributed by atoms with van der Waals surface area (Å²) in [6, 6.07) is 18.5. The van der Waals surface area contributed by atoms with Gasteiger partial charge in [0, 0.05) is 53.2 Å². The van der Waals surface area contributed by atoms with Crippen molar-refractivity contribution in [3.8, 4) is 5.75 Å². The van der Waals surface area contributed by atoms with Gasteiger partial charge >= 0.3 is 0 Å². The maximum Gasteiger partial charge on any atom is 0.291 e. The van der Waals surface area contributed by atoms with Crippen molar-refractivity contribution in [1.29, 1.82) is 0 Å². The molecule has 170 valence electrons. The largest absolute Gasteiger partial charge is 0.492 e. The maximum atomic E-state index is 13.2. The summed E-state index contributed by atoms with van der Waals surface area (Å²) in [5.74, 6) is 1.11. The number of carbonyl (C=O) groups is 1. The first-order valence-electron chi connectivity index (χ1n) is 10.7. The summed E-state index contributed by atoms with van der Waals surface area (Å²) in [6.45, 7) is 1.10. The Morgan fingerprint density at radius 2 is 1.91 bits per heavy atom. The number of hydrogen-bond acceptors (Lipinski definition) is 7. The standard InChI is InChI=1S/C25H21N5O3S/c31-24(29-18-6-3-7-19(16-18)32-15-14-30-13-5-12-28-30)23-21(17-34-25-26-10-4-11-27-25)20-8-1-2-9-22(20)33-23/h1-13,16H,14-15,17H2,(H,29,31). The van der Waals surface area contributed by atoms with E-state index in [-0.39, 0.29) is 11.7 Å². The number of ether oxygens (including phenoxy) is 1. The lowest BCUT2D eigenvalue weighted by atomic mass is 10.1. The van der Waals surface area contributed by atoms with E-state index in [1.807, 2.05) is 54.7 Å². The highest BCUT2D eigenvalue weighted by atomic mass is 32.2. The van der Waals surface area contributed by atoms with Gasteiger partial charge in [-0.25, -0.2) is 9.97 Å². The molecule has 3 heterocycles. The summed E-state index contributed by atoms with van der Waals surface area (Å²) < 4.78 is 13.6. The van der Waals surface area contributed by atoms with E-state index in [1.54, 1.807) is 35.4 Å². The summed E-state index contributed by atoms with van der Waals surface area (Å²) in [7, 11) is 0. The van der Waals surface area contributed by atoms with Crippen LogP contribution in [-0.4, -0.2) is 32.3 Å². The number of thioether (sulfide) groups is 1. The van der Waals surface area contributed by atoms with Crippen molar-refractivity contribution in [2.24, 2.45) is 0 Å². The molecule has 0 spiro atoms. The highest BCUT2D eigenvalue weighted by molar-refractivity contribution is 7.98. The van der Waals surface area contributed by atoms with E-state index in [1.165, 1.54) is 11.8 Å². The molecule has 1 N–H and O–H groups in total. The zero-order valence-electron chi connectivity index (χ0n) is 18.1. The Labute approximate surface area is 200 Å². The SMILES string of the molecule is O=C(Nc1cccc(OCCn2cccn2)c1)c1oc2ccccc2c1CSc1ncccn1. The van der Waals surface area contributed by atoms with Gasteiger partial charge < -0.3 is 14.5 Å². The summed E-state index contributed by atoms with van der Waals surface area (Å²) in [4.78, 5) is 21.7. The van der Waals surface area contributed by atoms with E-state index < -0.39 is 0 Å². The first-order valence-corrected chi connectivity index (χ1v) is 11.7. The van der Waals surface area contributed by atoms with Crippen LogP contribution in [0.5, 0.6) is 5.75 Å². The Balaban J connectivity index is 1.31. The monoisotopic (exact) mass is 471 g/mol. The Morgan fingerprint density at radius 3 is 2.76 bits per heavy atom. The summed E-state index contributed by atoms with van der Waals surface area (Å²) in [5.41, 5.74) is 2.08. The van der Waals surface area contributed by atoms with E-state index in [2.05, 4.69) is 20.4 Å². The number of amides is 1. The lowest BCUT2D eigenvalue weighted by molar-refractivity contribution is 0.0998. The smallest absolute Gasteiger partial charge is 0.291 e. The Morgan fingerprint density at radius 1 is 1.03 bits per heavy atom. The number of fused-ring (bicyclic) bond motifs is 1. The third-order valence-electron chi connectivity index (χ3n) is 5.03. The summed E-state index contributed by atoms with van der Waals surface area (Å²) >= 11 is 1.45. The van der Waals surface area contributed by atoms with Gasteiger partial charge in [0.25, 0.3) is 5.91 Å². The number of hydrogen-bond donors (Lipinski definition) is 1. The van der Waals surface area contributed by atoms with Gasteiger partial charge in [-0.05, 0) is 30.3 Å². The zero-order chi connectivity index (χ0) is 23.2. The third kappa shape index (κ3) is 5.10. The van der Waals surface area contributed by atoms with Gasteiger partial charge in [0.1, 0.15) is 17.9 Å². The first-order chi connectivity index (χ1) is 16.8.